The SMILES string of the molecule is O=C(NC1CCCC1)c1cn(-c2nc(CNCc3ccco3)c3ccccn23)cn1. The Balaban J connectivity index is 1.36. The fraction of sp³-hybridized carbons (Fsp3) is 0.318. The summed E-state index contributed by atoms with van der Waals surface area (Å²) in [4.78, 5) is 21.7. The van der Waals surface area contributed by atoms with Crippen molar-refractivity contribution >= 4 is 11.4 Å². The van der Waals surface area contributed by atoms with Gasteiger partial charge in [0.1, 0.15) is 17.8 Å². The van der Waals surface area contributed by atoms with Crippen molar-refractivity contribution < 1.29 is 9.21 Å². The molecule has 0 spiro atoms. The summed E-state index contributed by atoms with van der Waals surface area (Å²) in [6, 6.07) is 10.1. The number of pyridine rings is 1. The molecule has 5 rings (SSSR count). The zero-order valence-corrected chi connectivity index (χ0v) is 16.6. The van der Waals surface area contributed by atoms with E-state index < -0.39 is 0 Å². The minimum Gasteiger partial charge on any atom is -0.468 e. The first-order chi connectivity index (χ1) is 14.8. The number of amides is 1. The first kappa shape index (κ1) is 18.6. The van der Waals surface area contributed by atoms with Crippen molar-refractivity contribution in [3.8, 4) is 5.95 Å². The molecule has 1 aliphatic rings. The van der Waals surface area contributed by atoms with Crippen LogP contribution < -0.4 is 10.6 Å². The molecule has 0 saturated heterocycles. The average molecular weight is 404 g/mol. The molecule has 0 radical (unpaired) electrons. The Morgan fingerprint density at radius 1 is 1.17 bits per heavy atom. The summed E-state index contributed by atoms with van der Waals surface area (Å²) in [7, 11) is 0. The molecule has 1 aliphatic carbocycles. The van der Waals surface area contributed by atoms with E-state index in [0.29, 0.717) is 24.7 Å². The van der Waals surface area contributed by atoms with Crippen molar-refractivity contribution in [2.75, 3.05) is 0 Å². The number of aromatic nitrogens is 4. The first-order valence-electron chi connectivity index (χ1n) is 10.3. The maximum atomic E-state index is 12.5. The number of carbonyl (C=O) groups excluding carboxylic acids is 1. The van der Waals surface area contributed by atoms with Gasteiger partial charge in [-0.05, 0) is 37.1 Å². The number of furan rings is 1. The molecule has 4 aromatic rings. The predicted octanol–water partition coefficient (Wildman–Crippen LogP) is 3.08. The predicted molar refractivity (Wildman–Crippen MR) is 111 cm³/mol. The van der Waals surface area contributed by atoms with E-state index in [4.69, 9.17) is 9.40 Å². The van der Waals surface area contributed by atoms with Crippen molar-refractivity contribution in [3.63, 3.8) is 0 Å². The van der Waals surface area contributed by atoms with Gasteiger partial charge < -0.3 is 15.1 Å². The molecule has 0 bridgehead atoms. The fourth-order valence-corrected chi connectivity index (χ4v) is 3.99. The van der Waals surface area contributed by atoms with Crippen LogP contribution in [0.5, 0.6) is 0 Å². The van der Waals surface area contributed by atoms with Crippen LogP contribution in [0.15, 0.2) is 59.7 Å². The molecular formula is C22H24N6O2. The summed E-state index contributed by atoms with van der Waals surface area (Å²) in [6.07, 6.45) is 11.5. The summed E-state index contributed by atoms with van der Waals surface area (Å²) >= 11 is 0. The number of nitrogens with zero attached hydrogens (tertiary/aromatic N) is 4. The molecule has 0 aliphatic heterocycles. The van der Waals surface area contributed by atoms with Crippen molar-refractivity contribution in [2.24, 2.45) is 0 Å². The van der Waals surface area contributed by atoms with Crippen molar-refractivity contribution in [2.45, 2.75) is 44.8 Å². The Morgan fingerprint density at radius 3 is 2.90 bits per heavy atom. The second-order valence-corrected chi connectivity index (χ2v) is 7.62. The van der Waals surface area contributed by atoms with Gasteiger partial charge in [0.05, 0.1) is 24.0 Å². The molecule has 0 atom stereocenters. The largest absolute Gasteiger partial charge is 0.468 e. The van der Waals surface area contributed by atoms with Gasteiger partial charge in [-0.25, -0.2) is 9.97 Å². The van der Waals surface area contributed by atoms with Gasteiger partial charge >= 0.3 is 0 Å². The lowest BCUT2D eigenvalue weighted by Crippen LogP contribution is -2.32. The molecule has 30 heavy (non-hydrogen) atoms. The molecule has 8 heteroatoms. The van der Waals surface area contributed by atoms with Crippen LogP contribution in [-0.4, -0.2) is 30.9 Å². The third kappa shape index (κ3) is 3.73. The molecule has 2 N–H and O–H groups in total. The van der Waals surface area contributed by atoms with Crippen LogP contribution in [0.3, 0.4) is 0 Å². The number of hydrogen-bond acceptors (Lipinski definition) is 5. The second kappa shape index (κ2) is 8.16. The van der Waals surface area contributed by atoms with Crippen molar-refractivity contribution in [1.29, 1.82) is 0 Å². The van der Waals surface area contributed by atoms with Gasteiger partial charge in [0.2, 0.25) is 5.95 Å². The van der Waals surface area contributed by atoms with Crippen molar-refractivity contribution in [3.05, 3.63) is 72.5 Å². The first-order valence-corrected chi connectivity index (χ1v) is 10.3. The summed E-state index contributed by atoms with van der Waals surface area (Å²) < 4.78 is 9.17. The van der Waals surface area contributed by atoms with Gasteiger partial charge in [-0.1, -0.05) is 18.9 Å². The highest BCUT2D eigenvalue weighted by atomic mass is 16.3. The average Bonchev–Trinajstić information content (AvgIpc) is 3.55. The fourth-order valence-electron chi connectivity index (χ4n) is 3.99. The summed E-state index contributed by atoms with van der Waals surface area (Å²) in [5.74, 6) is 1.46. The maximum absolute atomic E-state index is 12.5. The third-order valence-electron chi connectivity index (χ3n) is 5.51. The van der Waals surface area contributed by atoms with Gasteiger partial charge in [-0.2, -0.15) is 0 Å². The summed E-state index contributed by atoms with van der Waals surface area (Å²) in [6.45, 7) is 1.22. The van der Waals surface area contributed by atoms with E-state index in [-0.39, 0.29) is 11.9 Å². The van der Waals surface area contributed by atoms with E-state index in [2.05, 4.69) is 15.6 Å². The molecule has 0 unspecified atom stereocenters. The lowest BCUT2D eigenvalue weighted by Gasteiger charge is -2.09. The normalized spacial score (nSPS) is 14.5. The standard InChI is InChI=1S/C22H24N6O2/c29-21(25-16-6-1-2-7-16)19-14-27(15-24-19)22-26-18(20-9-3-4-10-28(20)22)13-23-12-17-8-5-11-30-17/h3-5,8-11,14-16,23H,1-2,6-7,12-13H2,(H,25,29). The Labute approximate surface area is 173 Å². The van der Waals surface area contributed by atoms with Crippen LogP contribution >= 0.6 is 0 Å². The lowest BCUT2D eigenvalue weighted by atomic mass is 10.2. The zero-order chi connectivity index (χ0) is 20.3. The molecule has 154 valence electrons. The number of nitrogens with one attached hydrogen (secondary N) is 2. The molecule has 4 aromatic heterocycles. The van der Waals surface area contributed by atoms with E-state index >= 15 is 0 Å². The molecule has 4 heterocycles. The van der Waals surface area contributed by atoms with E-state index in [1.807, 2.05) is 40.9 Å². The minimum absolute atomic E-state index is 0.123. The molecule has 8 nitrogen and oxygen atoms in total. The highest BCUT2D eigenvalue weighted by Gasteiger charge is 2.20. The third-order valence-corrected chi connectivity index (χ3v) is 5.51. The second-order valence-electron chi connectivity index (χ2n) is 7.62. The number of hydrogen-bond donors (Lipinski definition) is 2. The van der Waals surface area contributed by atoms with Crippen molar-refractivity contribution in [1.82, 2.24) is 29.6 Å². The van der Waals surface area contributed by atoms with E-state index in [0.717, 1.165) is 29.8 Å². The summed E-state index contributed by atoms with van der Waals surface area (Å²) in [5, 5.41) is 6.45. The van der Waals surface area contributed by atoms with Crippen LogP contribution in [0.2, 0.25) is 0 Å². The number of rotatable bonds is 7. The number of imidazole rings is 2. The highest BCUT2D eigenvalue weighted by molar-refractivity contribution is 5.92. The Kier molecular flexibility index (Phi) is 5.06. The Morgan fingerprint density at radius 2 is 2.07 bits per heavy atom. The van der Waals surface area contributed by atoms with Gasteiger partial charge in [0, 0.05) is 25.0 Å². The maximum Gasteiger partial charge on any atom is 0.271 e. The molecule has 1 saturated carbocycles. The molecule has 1 fully saturated rings. The van der Waals surface area contributed by atoms with Crippen LogP contribution in [0.1, 0.15) is 47.6 Å². The lowest BCUT2D eigenvalue weighted by molar-refractivity contribution is 0.0933. The monoisotopic (exact) mass is 404 g/mol. The quantitative estimate of drug-likeness (QED) is 0.494. The molecule has 0 aromatic carbocycles. The van der Waals surface area contributed by atoms with E-state index in [1.165, 1.54) is 12.8 Å². The minimum atomic E-state index is -0.123. The van der Waals surface area contributed by atoms with Gasteiger partial charge in [-0.15, -0.1) is 0 Å². The summed E-state index contributed by atoms with van der Waals surface area (Å²) in [5.41, 5.74) is 2.33. The molecular weight excluding hydrogens is 380 g/mol. The topological polar surface area (TPSA) is 89.4 Å². The number of fused-ring (bicyclic) bond motifs is 1. The van der Waals surface area contributed by atoms with Gasteiger partial charge in [0.15, 0.2) is 0 Å². The van der Waals surface area contributed by atoms with Crippen LogP contribution in [0.4, 0.5) is 0 Å². The van der Waals surface area contributed by atoms with Gasteiger partial charge in [-0.3, -0.25) is 13.8 Å². The van der Waals surface area contributed by atoms with Gasteiger partial charge in [0.25, 0.3) is 5.91 Å². The van der Waals surface area contributed by atoms with E-state index in [9.17, 15) is 4.79 Å². The van der Waals surface area contributed by atoms with E-state index in [1.54, 1.807) is 23.4 Å². The molecule has 1 amide bonds. The number of carbonyl (C=O) groups is 1. The Bertz CT molecular complexity index is 1140. The zero-order valence-electron chi connectivity index (χ0n) is 16.6. The van der Waals surface area contributed by atoms with Crippen LogP contribution in [-0.2, 0) is 13.1 Å². The Hall–Kier alpha value is -3.39. The smallest absolute Gasteiger partial charge is 0.271 e. The van der Waals surface area contributed by atoms with Crippen LogP contribution in [0.25, 0.3) is 11.5 Å². The van der Waals surface area contributed by atoms with Crippen LogP contribution in [0, 0.1) is 0 Å². The highest BCUT2D eigenvalue weighted by Crippen LogP contribution is 2.19.